The molecule has 0 saturated heterocycles. The minimum Gasteiger partial charge on any atom is -0.295 e. The van der Waals surface area contributed by atoms with Crippen molar-refractivity contribution in [2.24, 2.45) is 0 Å². The third-order valence-electron chi connectivity index (χ3n) is 7.27. The lowest BCUT2D eigenvalue weighted by Crippen LogP contribution is -2.01. The molecule has 3 nitrogen and oxygen atoms in total. The maximum absolute atomic E-state index is 13.1. The van der Waals surface area contributed by atoms with E-state index in [4.69, 9.17) is 0 Å². The number of ketones is 3. The molecular formula is C40H28O3S4. The highest BCUT2D eigenvalue weighted by molar-refractivity contribution is 7.99. The second-order valence-corrected chi connectivity index (χ2v) is 14.6. The maximum atomic E-state index is 13.1. The molecule has 0 amide bonds. The van der Waals surface area contributed by atoms with E-state index in [1.807, 2.05) is 146 Å². The zero-order valence-corrected chi connectivity index (χ0v) is 28.6. The van der Waals surface area contributed by atoms with Crippen molar-refractivity contribution in [3.8, 4) is 0 Å². The Morgan fingerprint density at radius 2 is 0.574 bits per heavy atom. The van der Waals surface area contributed by atoms with E-state index in [-0.39, 0.29) is 17.3 Å². The lowest BCUT2D eigenvalue weighted by molar-refractivity contribution is 0.101. The standard InChI is InChI=1S/C40H28O3S4/c1-26(41)27-2-14-33(15-3-27)45-34-16-4-28(5-17-34)39(42)29-6-18-35(19-7-29)46-36-20-8-30(9-21-36)40(43)31-10-22-37(23-11-31)47-38-24-12-32(44)13-25-38/h2-25,44H,1H3. The Balaban J connectivity index is 1.03. The van der Waals surface area contributed by atoms with Crippen LogP contribution in [0.2, 0.25) is 0 Å². The van der Waals surface area contributed by atoms with Gasteiger partial charge < -0.3 is 0 Å². The van der Waals surface area contributed by atoms with Crippen LogP contribution in [0, 0.1) is 0 Å². The molecule has 0 aliphatic rings. The number of thiol groups is 1. The van der Waals surface area contributed by atoms with E-state index in [0.29, 0.717) is 27.8 Å². The van der Waals surface area contributed by atoms with Crippen LogP contribution in [0.4, 0.5) is 0 Å². The van der Waals surface area contributed by atoms with Gasteiger partial charge in [0.25, 0.3) is 0 Å². The predicted molar refractivity (Wildman–Crippen MR) is 195 cm³/mol. The van der Waals surface area contributed by atoms with Gasteiger partial charge in [0.15, 0.2) is 17.3 Å². The summed E-state index contributed by atoms with van der Waals surface area (Å²) in [6.45, 7) is 1.56. The molecule has 0 aliphatic carbocycles. The van der Waals surface area contributed by atoms with Crippen LogP contribution in [-0.2, 0) is 0 Å². The van der Waals surface area contributed by atoms with Crippen LogP contribution < -0.4 is 0 Å². The number of carbonyl (C=O) groups excluding carboxylic acids is 3. The maximum Gasteiger partial charge on any atom is 0.193 e. The van der Waals surface area contributed by atoms with Crippen molar-refractivity contribution < 1.29 is 14.4 Å². The van der Waals surface area contributed by atoms with Crippen molar-refractivity contribution in [2.45, 2.75) is 41.2 Å². The van der Waals surface area contributed by atoms with Crippen molar-refractivity contribution in [1.82, 2.24) is 0 Å². The van der Waals surface area contributed by atoms with Crippen LogP contribution in [0.25, 0.3) is 0 Å². The van der Waals surface area contributed by atoms with E-state index in [0.717, 1.165) is 34.3 Å². The third kappa shape index (κ3) is 8.56. The molecule has 6 aromatic carbocycles. The lowest BCUT2D eigenvalue weighted by atomic mass is 10.0. The highest BCUT2D eigenvalue weighted by Crippen LogP contribution is 2.32. The molecular weight excluding hydrogens is 657 g/mol. The highest BCUT2D eigenvalue weighted by atomic mass is 32.2. The first-order chi connectivity index (χ1) is 22.8. The van der Waals surface area contributed by atoms with Gasteiger partial charge in [-0.05, 0) is 140 Å². The number of hydrogen-bond donors (Lipinski definition) is 1. The fourth-order valence-electron chi connectivity index (χ4n) is 4.71. The van der Waals surface area contributed by atoms with Crippen LogP contribution in [0.3, 0.4) is 0 Å². The fraction of sp³-hybridized carbons (Fsp3) is 0.0250. The van der Waals surface area contributed by atoms with Crippen molar-refractivity contribution in [1.29, 1.82) is 0 Å². The summed E-state index contributed by atoms with van der Waals surface area (Å²) in [4.78, 5) is 44.9. The number of Topliss-reactive ketones (excluding diaryl/α,β-unsaturated/α-hetero) is 1. The number of benzene rings is 6. The molecule has 0 aromatic heterocycles. The van der Waals surface area contributed by atoms with Crippen molar-refractivity contribution >= 4 is 65.3 Å². The summed E-state index contributed by atoms with van der Waals surface area (Å²) in [5.74, 6) is -0.00962. The molecule has 0 unspecified atom stereocenters. The number of rotatable bonds is 11. The van der Waals surface area contributed by atoms with Gasteiger partial charge in [-0.3, -0.25) is 14.4 Å². The van der Waals surface area contributed by atoms with E-state index in [2.05, 4.69) is 12.6 Å². The second kappa shape index (κ2) is 15.1. The monoisotopic (exact) mass is 684 g/mol. The Kier molecular flexibility index (Phi) is 10.5. The summed E-state index contributed by atoms with van der Waals surface area (Å²) in [6.07, 6.45) is 0. The van der Waals surface area contributed by atoms with Gasteiger partial charge >= 0.3 is 0 Å². The van der Waals surface area contributed by atoms with E-state index in [1.54, 1.807) is 42.2 Å². The molecule has 6 rings (SSSR count). The lowest BCUT2D eigenvalue weighted by Gasteiger charge is -2.07. The first-order valence-electron chi connectivity index (χ1n) is 14.7. The average Bonchev–Trinajstić information content (AvgIpc) is 3.10. The molecule has 0 fully saturated rings. The summed E-state index contributed by atoms with van der Waals surface area (Å²) in [7, 11) is 0. The minimum absolute atomic E-state index is 0.0182. The summed E-state index contributed by atoms with van der Waals surface area (Å²) >= 11 is 9.14. The molecule has 0 radical (unpaired) electrons. The topological polar surface area (TPSA) is 51.2 Å². The molecule has 47 heavy (non-hydrogen) atoms. The molecule has 0 bridgehead atoms. The van der Waals surface area contributed by atoms with Gasteiger partial charge in [0, 0.05) is 62.1 Å². The average molecular weight is 685 g/mol. The van der Waals surface area contributed by atoms with Gasteiger partial charge in [-0.2, -0.15) is 0 Å². The normalized spacial score (nSPS) is 10.9. The second-order valence-electron chi connectivity index (χ2n) is 10.6. The molecule has 0 aliphatic heterocycles. The van der Waals surface area contributed by atoms with Gasteiger partial charge in [0.2, 0.25) is 0 Å². The van der Waals surface area contributed by atoms with Crippen molar-refractivity contribution in [3.05, 3.63) is 173 Å². The molecule has 0 saturated carbocycles. The first kappa shape index (κ1) is 32.7. The van der Waals surface area contributed by atoms with E-state index < -0.39 is 0 Å². The largest absolute Gasteiger partial charge is 0.295 e. The van der Waals surface area contributed by atoms with Crippen LogP contribution in [0.15, 0.2) is 180 Å². The zero-order valence-electron chi connectivity index (χ0n) is 25.3. The fourth-order valence-corrected chi connectivity index (χ4v) is 7.31. The highest BCUT2D eigenvalue weighted by Gasteiger charge is 2.12. The van der Waals surface area contributed by atoms with Gasteiger partial charge in [0.05, 0.1) is 0 Å². The smallest absolute Gasteiger partial charge is 0.193 e. The van der Waals surface area contributed by atoms with E-state index in [1.165, 1.54) is 0 Å². The number of hydrogen-bond acceptors (Lipinski definition) is 7. The SMILES string of the molecule is CC(=O)c1ccc(Sc2ccc(C(=O)c3ccc(Sc4ccc(C(=O)c5ccc(Sc6ccc(S)cc6)cc5)cc4)cc3)cc2)cc1. The van der Waals surface area contributed by atoms with E-state index in [9.17, 15) is 14.4 Å². The number of carbonyl (C=O) groups is 3. The minimum atomic E-state index is -0.0365. The Morgan fingerprint density at radius 1 is 0.362 bits per heavy atom. The molecule has 0 heterocycles. The van der Waals surface area contributed by atoms with Crippen LogP contribution >= 0.6 is 47.9 Å². The molecule has 0 atom stereocenters. The molecule has 6 aromatic rings. The Hall–Kier alpha value is -4.27. The summed E-state index contributed by atoms with van der Waals surface area (Å²) in [5, 5.41) is 0. The molecule has 230 valence electrons. The van der Waals surface area contributed by atoms with Gasteiger partial charge in [-0.25, -0.2) is 0 Å². The van der Waals surface area contributed by atoms with Crippen LogP contribution in [0.5, 0.6) is 0 Å². The zero-order chi connectivity index (χ0) is 32.8. The summed E-state index contributed by atoms with van der Waals surface area (Å²) in [6, 6.07) is 45.9. The Morgan fingerprint density at radius 3 is 0.809 bits per heavy atom. The van der Waals surface area contributed by atoms with Gasteiger partial charge in [0.1, 0.15) is 0 Å². The first-order valence-corrected chi connectivity index (χ1v) is 17.6. The van der Waals surface area contributed by atoms with Crippen LogP contribution in [-0.4, -0.2) is 17.3 Å². The van der Waals surface area contributed by atoms with Crippen LogP contribution in [0.1, 0.15) is 49.1 Å². The molecule has 0 spiro atoms. The van der Waals surface area contributed by atoms with Crippen molar-refractivity contribution in [2.75, 3.05) is 0 Å². The van der Waals surface area contributed by atoms with E-state index >= 15 is 0 Å². The predicted octanol–water partition coefficient (Wildman–Crippen LogP) is 11.1. The van der Waals surface area contributed by atoms with Gasteiger partial charge in [-0.1, -0.05) is 47.4 Å². The molecule has 7 heteroatoms. The van der Waals surface area contributed by atoms with Crippen molar-refractivity contribution in [3.63, 3.8) is 0 Å². The summed E-state index contributed by atoms with van der Waals surface area (Å²) < 4.78 is 0. The Bertz CT molecular complexity index is 2020. The van der Waals surface area contributed by atoms with Gasteiger partial charge in [-0.15, -0.1) is 12.6 Å². The summed E-state index contributed by atoms with van der Waals surface area (Å²) in [5.41, 5.74) is 3.22. The third-order valence-corrected chi connectivity index (χ3v) is 10.6. The molecule has 0 N–H and O–H groups in total. The quantitative estimate of drug-likeness (QED) is 0.108. The Labute approximate surface area is 292 Å².